The summed E-state index contributed by atoms with van der Waals surface area (Å²) < 4.78 is 6.60. The van der Waals surface area contributed by atoms with Gasteiger partial charge in [-0.25, -0.2) is 0 Å². The van der Waals surface area contributed by atoms with Crippen LogP contribution in [0.25, 0.3) is 5.76 Å². The van der Waals surface area contributed by atoms with Crippen molar-refractivity contribution in [3.05, 3.63) is 77.3 Å². The number of rotatable bonds is 1. The Balaban J connectivity index is 1.99. The van der Waals surface area contributed by atoms with Crippen LogP contribution < -0.4 is 4.73 Å². The molecule has 0 bridgehead atoms. The van der Waals surface area contributed by atoms with E-state index in [1.165, 1.54) is 6.20 Å². The van der Waals surface area contributed by atoms with E-state index < -0.39 is 0 Å². The van der Waals surface area contributed by atoms with E-state index in [1.54, 1.807) is 12.1 Å². The molecule has 1 aromatic rings. The highest BCUT2D eigenvalue weighted by molar-refractivity contribution is 5.60. The Morgan fingerprint density at radius 2 is 2.12 bits per heavy atom. The maximum atomic E-state index is 11.6. The predicted octanol–water partition coefficient (Wildman–Crippen LogP) is 2.11. The van der Waals surface area contributed by atoms with Gasteiger partial charge in [-0.05, 0) is 23.8 Å². The number of nitrogens with zero attached hydrogens (tertiary/aromatic N) is 1. The summed E-state index contributed by atoms with van der Waals surface area (Å²) in [7, 11) is 0. The third-order valence-electron chi connectivity index (χ3n) is 2.77. The fraction of sp³-hybridized carbons (Fsp3) is 0.0714. The van der Waals surface area contributed by atoms with E-state index in [0.717, 1.165) is 10.3 Å². The Labute approximate surface area is 99.2 Å². The van der Waals surface area contributed by atoms with Crippen molar-refractivity contribution in [2.75, 3.05) is 0 Å². The number of ether oxygens (including phenoxy) is 1. The first-order valence-corrected chi connectivity index (χ1v) is 5.46. The molecular weight excluding hydrogens is 214 g/mol. The summed E-state index contributed by atoms with van der Waals surface area (Å²) in [6, 6.07) is 5.27. The van der Waals surface area contributed by atoms with E-state index in [0.29, 0.717) is 11.5 Å². The second-order valence-electron chi connectivity index (χ2n) is 3.89. The van der Waals surface area contributed by atoms with Crippen LogP contribution in [0, 0.1) is 5.21 Å². The Kier molecular flexibility index (Phi) is 2.29. The van der Waals surface area contributed by atoms with Crippen molar-refractivity contribution >= 4 is 5.76 Å². The van der Waals surface area contributed by atoms with Crippen molar-refractivity contribution in [3.63, 3.8) is 0 Å². The number of aromatic nitrogens is 1. The van der Waals surface area contributed by atoms with Gasteiger partial charge < -0.3 is 9.94 Å². The van der Waals surface area contributed by atoms with Gasteiger partial charge in [0.2, 0.25) is 0 Å². The van der Waals surface area contributed by atoms with Crippen molar-refractivity contribution in [1.82, 2.24) is 0 Å². The van der Waals surface area contributed by atoms with E-state index in [-0.39, 0.29) is 6.10 Å². The van der Waals surface area contributed by atoms with E-state index >= 15 is 0 Å². The maximum Gasteiger partial charge on any atom is 0.258 e. The normalized spacial score (nSPS) is 21.3. The van der Waals surface area contributed by atoms with Gasteiger partial charge in [0.25, 0.3) is 5.69 Å². The molecule has 0 spiro atoms. The Bertz CT molecular complexity index is 567. The summed E-state index contributed by atoms with van der Waals surface area (Å²) in [4.78, 5) is 0. The molecule has 0 saturated heterocycles. The molecule has 2 heterocycles. The van der Waals surface area contributed by atoms with Crippen LogP contribution in [0.5, 0.6) is 0 Å². The number of fused-ring (bicyclic) bond motifs is 1. The molecule has 1 aromatic heterocycles. The molecule has 1 unspecified atom stereocenters. The Hall–Kier alpha value is -2.29. The average Bonchev–Trinajstić information content (AvgIpc) is 2.39. The summed E-state index contributed by atoms with van der Waals surface area (Å²) in [6.45, 7) is 0. The molecule has 3 nitrogen and oxygen atoms in total. The summed E-state index contributed by atoms with van der Waals surface area (Å²) in [5.41, 5.74) is 1.63. The summed E-state index contributed by atoms with van der Waals surface area (Å²) in [6.07, 6.45) is 13.1. The molecule has 0 saturated carbocycles. The first-order chi connectivity index (χ1) is 8.34. The highest BCUT2D eigenvalue weighted by Gasteiger charge is 2.22. The average molecular weight is 225 g/mol. The molecule has 17 heavy (non-hydrogen) atoms. The van der Waals surface area contributed by atoms with E-state index in [2.05, 4.69) is 0 Å². The second kappa shape index (κ2) is 3.94. The molecule has 1 aliphatic heterocycles. The van der Waals surface area contributed by atoms with Crippen LogP contribution in [-0.2, 0) is 4.74 Å². The van der Waals surface area contributed by atoms with Gasteiger partial charge in [-0.3, -0.25) is 0 Å². The van der Waals surface area contributed by atoms with Gasteiger partial charge in [-0.1, -0.05) is 24.3 Å². The van der Waals surface area contributed by atoms with Gasteiger partial charge in [0.1, 0.15) is 6.10 Å². The molecule has 0 fully saturated rings. The van der Waals surface area contributed by atoms with Crippen LogP contribution in [0.3, 0.4) is 0 Å². The van der Waals surface area contributed by atoms with Crippen LogP contribution in [0.4, 0.5) is 0 Å². The Morgan fingerprint density at radius 3 is 3.00 bits per heavy atom. The van der Waals surface area contributed by atoms with Gasteiger partial charge >= 0.3 is 0 Å². The van der Waals surface area contributed by atoms with Gasteiger partial charge in [0, 0.05) is 12.1 Å². The number of hydrogen-bond donors (Lipinski definition) is 0. The van der Waals surface area contributed by atoms with Crippen molar-refractivity contribution in [2.24, 2.45) is 0 Å². The minimum atomic E-state index is -0.0831. The molecular formula is C14H11NO2. The highest BCUT2D eigenvalue weighted by Crippen LogP contribution is 2.26. The second-order valence-corrected chi connectivity index (χ2v) is 3.89. The molecule has 84 valence electrons. The lowest BCUT2D eigenvalue weighted by atomic mass is 10.0. The lowest BCUT2D eigenvalue weighted by Crippen LogP contribution is -2.32. The van der Waals surface area contributed by atoms with Gasteiger partial charge in [0.15, 0.2) is 12.0 Å². The molecule has 3 rings (SSSR count). The third kappa shape index (κ3) is 1.76. The smallest absolute Gasteiger partial charge is 0.258 e. The highest BCUT2D eigenvalue weighted by atomic mass is 16.5. The molecule has 3 heteroatoms. The SMILES string of the molecule is [O-][n+]1ccccc1C1=CC=C2C=CC=CC2O1. The summed E-state index contributed by atoms with van der Waals surface area (Å²) in [5.74, 6) is 0.606. The molecule has 2 aliphatic rings. The molecule has 1 atom stereocenters. The first-order valence-electron chi connectivity index (χ1n) is 5.46. The molecule has 1 aliphatic carbocycles. The summed E-state index contributed by atoms with van der Waals surface area (Å²) in [5, 5.41) is 11.6. The van der Waals surface area contributed by atoms with E-state index in [9.17, 15) is 5.21 Å². The van der Waals surface area contributed by atoms with Crippen LogP contribution >= 0.6 is 0 Å². The predicted molar refractivity (Wildman–Crippen MR) is 64.6 cm³/mol. The Morgan fingerprint density at radius 1 is 1.18 bits per heavy atom. The van der Waals surface area contributed by atoms with Crippen molar-refractivity contribution in [3.8, 4) is 0 Å². The topological polar surface area (TPSA) is 36.2 Å². The zero-order chi connectivity index (χ0) is 11.7. The standard InChI is InChI=1S/C14H11NO2/c16-15-10-4-3-6-12(15)14-9-8-11-5-1-2-7-13(11)17-14/h1-10,13H. The third-order valence-corrected chi connectivity index (χ3v) is 2.77. The zero-order valence-corrected chi connectivity index (χ0v) is 9.11. The number of pyridine rings is 1. The molecule has 0 N–H and O–H groups in total. The monoisotopic (exact) mass is 225 g/mol. The molecule has 0 radical (unpaired) electrons. The van der Waals surface area contributed by atoms with E-state index in [4.69, 9.17) is 4.74 Å². The lowest BCUT2D eigenvalue weighted by Gasteiger charge is -2.23. The van der Waals surface area contributed by atoms with Gasteiger partial charge in [-0.2, -0.15) is 4.73 Å². The quantitative estimate of drug-likeness (QED) is 0.542. The van der Waals surface area contributed by atoms with Crippen LogP contribution in [-0.4, -0.2) is 6.10 Å². The minimum Gasteiger partial charge on any atom is -0.618 e. The summed E-state index contributed by atoms with van der Waals surface area (Å²) >= 11 is 0. The van der Waals surface area contributed by atoms with Crippen LogP contribution in [0.1, 0.15) is 5.69 Å². The zero-order valence-electron chi connectivity index (χ0n) is 9.11. The van der Waals surface area contributed by atoms with Crippen LogP contribution in [0.15, 0.2) is 66.4 Å². The van der Waals surface area contributed by atoms with Gasteiger partial charge in [0.05, 0.1) is 0 Å². The van der Waals surface area contributed by atoms with Crippen molar-refractivity contribution in [1.29, 1.82) is 0 Å². The van der Waals surface area contributed by atoms with Gasteiger partial charge in [-0.15, -0.1) is 0 Å². The first kappa shape index (κ1) is 9.90. The fourth-order valence-corrected chi connectivity index (χ4v) is 1.91. The number of hydrogen-bond acceptors (Lipinski definition) is 2. The van der Waals surface area contributed by atoms with Crippen molar-refractivity contribution < 1.29 is 9.47 Å². The van der Waals surface area contributed by atoms with Crippen LogP contribution in [0.2, 0.25) is 0 Å². The number of allylic oxidation sites excluding steroid dienone is 4. The molecule has 0 aromatic carbocycles. The van der Waals surface area contributed by atoms with Crippen molar-refractivity contribution in [2.45, 2.75) is 6.10 Å². The largest absolute Gasteiger partial charge is 0.618 e. The molecule has 0 amide bonds. The maximum absolute atomic E-state index is 11.6. The fourth-order valence-electron chi connectivity index (χ4n) is 1.91. The minimum absolute atomic E-state index is 0.0831. The lowest BCUT2D eigenvalue weighted by molar-refractivity contribution is -0.609. The van der Waals surface area contributed by atoms with E-state index in [1.807, 2.05) is 42.5 Å².